The smallest absolute Gasteiger partial charge is 0.349 e. The lowest BCUT2D eigenvalue weighted by Gasteiger charge is -2.12. The maximum Gasteiger partial charge on any atom is 0.349 e. The van der Waals surface area contributed by atoms with Crippen LogP contribution in [-0.4, -0.2) is 17.9 Å². The van der Waals surface area contributed by atoms with Crippen LogP contribution in [-0.2, 0) is 9.53 Å². The van der Waals surface area contributed by atoms with E-state index in [1.165, 1.54) is 13.0 Å². The molecule has 0 saturated carbocycles. The number of nitriles is 1. The van der Waals surface area contributed by atoms with Crippen LogP contribution in [0.4, 0.5) is 0 Å². The average Bonchev–Trinajstić information content (AvgIpc) is 2.61. The Morgan fingerprint density at radius 1 is 1.12 bits per heavy atom. The lowest BCUT2D eigenvalue weighted by atomic mass is 10.1. The van der Waals surface area contributed by atoms with Gasteiger partial charge < -0.3 is 4.74 Å². The molecule has 2 aromatic rings. The Hall–Kier alpha value is -2.71. The minimum Gasteiger partial charge on any atom is -0.450 e. The number of halogens is 1. The summed E-state index contributed by atoms with van der Waals surface area (Å²) < 4.78 is 6.00. The molecule has 25 heavy (non-hydrogen) atoms. The van der Waals surface area contributed by atoms with Crippen molar-refractivity contribution >= 4 is 33.8 Å². The molecule has 0 heterocycles. The summed E-state index contributed by atoms with van der Waals surface area (Å²) in [6.07, 6.45) is 0.460. The largest absolute Gasteiger partial charge is 0.450 e. The predicted octanol–water partition coefficient (Wildman–Crippen LogP) is 4.48. The van der Waals surface area contributed by atoms with E-state index in [1.807, 2.05) is 25.1 Å². The summed E-state index contributed by atoms with van der Waals surface area (Å²) in [5.41, 5.74) is 2.07. The monoisotopic (exact) mass is 397 g/mol. The number of carbonyl (C=O) groups is 2. The van der Waals surface area contributed by atoms with Crippen LogP contribution in [0.25, 0.3) is 6.08 Å². The van der Waals surface area contributed by atoms with Crippen LogP contribution < -0.4 is 0 Å². The predicted molar refractivity (Wildman–Crippen MR) is 98.8 cm³/mol. The first-order chi connectivity index (χ1) is 11.9. The molecule has 0 amide bonds. The van der Waals surface area contributed by atoms with Gasteiger partial charge >= 0.3 is 5.97 Å². The molecule has 1 atom stereocenters. The molecule has 0 aliphatic heterocycles. The van der Waals surface area contributed by atoms with Crippen LogP contribution in [0.2, 0.25) is 0 Å². The fourth-order valence-electron chi connectivity index (χ4n) is 2.09. The van der Waals surface area contributed by atoms with Crippen LogP contribution in [0, 0.1) is 18.3 Å². The maximum atomic E-state index is 12.3. The van der Waals surface area contributed by atoms with E-state index in [-0.39, 0.29) is 11.4 Å². The van der Waals surface area contributed by atoms with Crippen LogP contribution in [0.1, 0.15) is 28.4 Å². The Balaban J connectivity index is 2.10. The van der Waals surface area contributed by atoms with Gasteiger partial charge in [-0.15, -0.1) is 0 Å². The molecule has 2 rings (SSSR count). The Labute approximate surface area is 154 Å². The summed E-state index contributed by atoms with van der Waals surface area (Å²) in [4.78, 5) is 24.5. The number of hydrogen-bond donors (Lipinski definition) is 0. The Kier molecular flexibility index (Phi) is 6.26. The van der Waals surface area contributed by atoms with E-state index in [4.69, 9.17) is 4.74 Å². The molecule has 0 aliphatic rings. The molecular formula is C20H16BrNO3. The maximum absolute atomic E-state index is 12.3. The van der Waals surface area contributed by atoms with E-state index in [1.54, 1.807) is 36.4 Å². The van der Waals surface area contributed by atoms with Gasteiger partial charge in [0.2, 0.25) is 5.78 Å². The number of nitrogens with zero attached hydrogens (tertiary/aromatic N) is 1. The second-order valence-electron chi connectivity index (χ2n) is 5.50. The second kappa shape index (κ2) is 8.41. The third-order valence-corrected chi connectivity index (χ3v) is 4.04. The molecular weight excluding hydrogens is 382 g/mol. The van der Waals surface area contributed by atoms with Crippen molar-refractivity contribution in [1.29, 1.82) is 5.26 Å². The van der Waals surface area contributed by atoms with Crippen molar-refractivity contribution in [2.24, 2.45) is 0 Å². The number of Topliss-reactive ketones (excluding diaryl/α,β-unsaturated/α-hetero) is 1. The number of rotatable bonds is 5. The second-order valence-corrected chi connectivity index (χ2v) is 6.41. The number of esters is 1. The van der Waals surface area contributed by atoms with Crippen molar-refractivity contribution in [3.63, 3.8) is 0 Å². The number of aryl methyl sites for hydroxylation is 1. The third-order valence-electron chi connectivity index (χ3n) is 3.51. The number of ketones is 1. The molecule has 0 fully saturated rings. The molecule has 0 aromatic heterocycles. The first-order valence-electron chi connectivity index (χ1n) is 7.60. The van der Waals surface area contributed by atoms with Gasteiger partial charge in [0.15, 0.2) is 6.10 Å². The van der Waals surface area contributed by atoms with Gasteiger partial charge in [0.1, 0.15) is 11.6 Å². The summed E-state index contributed by atoms with van der Waals surface area (Å²) in [6, 6.07) is 15.9. The molecule has 0 radical (unpaired) electrons. The van der Waals surface area contributed by atoms with E-state index in [0.717, 1.165) is 10.0 Å². The Morgan fingerprint density at radius 2 is 1.72 bits per heavy atom. The van der Waals surface area contributed by atoms with E-state index >= 15 is 0 Å². The zero-order valence-corrected chi connectivity index (χ0v) is 15.4. The van der Waals surface area contributed by atoms with Gasteiger partial charge in [0.25, 0.3) is 0 Å². The number of benzene rings is 2. The highest BCUT2D eigenvalue weighted by molar-refractivity contribution is 9.10. The van der Waals surface area contributed by atoms with Crippen molar-refractivity contribution in [2.45, 2.75) is 20.0 Å². The quantitative estimate of drug-likeness (QED) is 0.322. The van der Waals surface area contributed by atoms with Gasteiger partial charge in [0.05, 0.1) is 0 Å². The first kappa shape index (κ1) is 18.6. The standard InChI is InChI=1S/C20H16BrNO3/c1-13-3-5-15(6-4-13)11-17(12-22)20(24)25-14(2)19(23)16-7-9-18(21)10-8-16/h3-11,14H,1-2H3/b17-11+/t14-/m0/s1. The molecule has 0 N–H and O–H groups in total. The Morgan fingerprint density at radius 3 is 2.28 bits per heavy atom. The molecule has 0 unspecified atom stereocenters. The van der Waals surface area contributed by atoms with Gasteiger partial charge in [0, 0.05) is 10.0 Å². The first-order valence-corrected chi connectivity index (χ1v) is 8.39. The van der Waals surface area contributed by atoms with Crippen molar-refractivity contribution in [3.8, 4) is 6.07 Å². The number of ether oxygens (including phenoxy) is 1. The lowest BCUT2D eigenvalue weighted by Crippen LogP contribution is -2.25. The van der Waals surface area contributed by atoms with Crippen LogP contribution >= 0.6 is 15.9 Å². The number of hydrogen-bond acceptors (Lipinski definition) is 4. The van der Waals surface area contributed by atoms with Crippen molar-refractivity contribution in [1.82, 2.24) is 0 Å². The molecule has 126 valence electrons. The zero-order valence-electron chi connectivity index (χ0n) is 13.8. The highest BCUT2D eigenvalue weighted by Crippen LogP contribution is 2.15. The van der Waals surface area contributed by atoms with Crippen molar-refractivity contribution in [3.05, 3.63) is 75.3 Å². The molecule has 4 nitrogen and oxygen atoms in total. The van der Waals surface area contributed by atoms with Crippen molar-refractivity contribution in [2.75, 3.05) is 0 Å². The number of carbonyl (C=O) groups excluding carboxylic acids is 2. The molecule has 0 saturated heterocycles. The zero-order chi connectivity index (χ0) is 18.4. The van der Waals surface area contributed by atoms with Crippen LogP contribution in [0.5, 0.6) is 0 Å². The normalized spacial score (nSPS) is 12.2. The summed E-state index contributed by atoms with van der Waals surface area (Å²) in [6.45, 7) is 3.44. The lowest BCUT2D eigenvalue weighted by molar-refractivity contribution is -0.141. The van der Waals surface area contributed by atoms with E-state index in [9.17, 15) is 14.9 Å². The SMILES string of the molecule is Cc1ccc(/C=C(\C#N)C(=O)O[C@@H](C)C(=O)c2ccc(Br)cc2)cc1. The van der Waals surface area contributed by atoms with Gasteiger partial charge in [-0.3, -0.25) is 4.79 Å². The molecule has 0 spiro atoms. The fourth-order valence-corrected chi connectivity index (χ4v) is 2.36. The highest BCUT2D eigenvalue weighted by atomic mass is 79.9. The minimum atomic E-state index is -0.983. The molecule has 5 heteroatoms. The fraction of sp³-hybridized carbons (Fsp3) is 0.150. The summed E-state index contributed by atoms with van der Waals surface area (Å²) in [5, 5.41) is 9.20. The van der Waals surface area contributed by atoms with E-state index in [2.05, 4.69) is 15.9 Å². The summed E-state index contributed by atoms with van der Waals surface area (Å²) in [7, 11) is 0. The minimum absolute atomic E-state index is 0.153. The average molecular weight is 398 g/mol. The molecule has 2 aromatic carbocycles. The Bertz CT molecular complexity index is 846. The summed E-state index contributed by atoms with van der Waals surface area (Å²) >= 11 is 3.30. The molecule has 0 aliphatic carbocycles. The third kappa shape index (κ3) is 5.13. The highest BCUT2D eigenvalue weighted by Gasteiger charge is 2.21. The van der Waals surface area contributed by atoms with Crippen molar-refractivity contribution < 1.29 is 14.3 Å². The van der Waals surface area contributed by atoms with Crippen LogP contribution in [0.3, 0.4) is 0 Å². The molecule has 0 bridgehead atoms. The van der Waals surface area contributed by atoms with Gasteiger partial charge in [-0.05, 0) is 37.6 Å². The summed E-state index contributed by atoms with van der Waals surface area (Å²) in [5.74, 6) is -1.14. The van der Waals surface area contributed by atoms with E-state index < -0.39 is 12.1 Å². The van der Waals surface area contributed by atoms with Gasteiger partial charge in [-0.2, -0.15) is 5.26 Å². The van der Waals surface area contributed by atoms with Gasteiger partial charge in [-0.25, -0.2) is 4.79 Å². The van der Waals surface area contributed by atoms with Gasteiger partial charge in [-0.1, -0.05) is 57.9 Å². The topological polar surface area (TPSA) is 67.2 Å². The van der Waals surface area contributed by atoms with E-state index in [0.29, 0.717) is 11.1 Å². The van der Waals surface area contributed by atoms with Crippen LogP contribution in [0.15, 0.2) is 58.6 Å².